The van der Waals surface area contributed by atoms with Crippen LogP contribution in [0.1, 0.15) is 59.3 Å². The van der Waals surface area contributed by atoms with Gasteiger partial charge in [0.15, 0.2) is 5.96 Å². The Morgan fingerprint density at radius 3 is 2.59 bits per heavy atom. The van der Waals surface area contributed by atoms with Crippen LogP contribution in [-0.2, 0) is 9.47 Å². The third-order valence-electron chi connectivity index (χ3n) is 7.89. The molecule has 0 radical (unpaired) electrons. The number of fused-ring (bicyclic) bond motifs is 1. The van der Waals surface area contributed by atoms with Gasteiger partial charge in [0.05, 0.1) is 19.3 Å². The molecule has 4 fully saturated rings. The normalized spacial score (nSPS) is 34.3. The van der Waals surface area contributed by atoms with Gasteiger partial charge in [-0.05, 0) is 26.2 Å². The van der Waals surface area contributed by atoms with Crippen LogP contribution < -0.4 is 10.6 Å². The lowest BCUT2D eigenvalue weighted by Crippen LogP contribution is -2.68. The van der Waals surface area contributed by atoms with Gasteiger partial charge in [-0.2, -0.15) is 0 Å². The zero-order valence-corrected chi connectivity index (χ0v) is 18.8. The molecule has 3 atom stereocenters. The molecule has 0 bridgehead atoms. The summed E-state index contributed by atoms with van der Waals surface area (Å²) in [7, 11) is 0. The van der Waals surface area contributed by atoms with Crippen molar-refractivity contribution < 1.29 is 9.47 Å². The van der Waals surface area contributed by atoms with E-state index in [-0.39, 0.29) is 5.41 Å². The first-order valence-corrected chi connectivity index (χ1v) is 12.0. The fourth-order valence-electron chi connectivity index (χ4n) is 6.23. The summed E-state index contributed by atoms with van der Waals surface area (Å²) in [6.07, 6.45) is 8.27. The number of aliphatic imine (C=N–C) groups is 1. The molecule has 0 spiro atoms. The molecule has 2 N–H and O–H groups in total. The lowest BCUT2D eigenvalue weighted by atomic mass is 9.57. The molecular formula is C23H42N4O2. The van der Waals surface area contributed by atoms with Crippen LogP contribution in [0.5, 0.6) is 0 Å². The fourth-order valence-corrected chi connectivity index (χ4v) is 6.23. The van der Waals surface area contributed by atoms with E-state index in [1.807, 2.05) is 0 Å². The fraction of sp³-hybridized carbons (Fsp3) is 0.957. The average molecular weight is 407 g/mol. The summed E-state index contributed by atoms with van der Waals surface area (Å²) in [6.45, 7) is 14.7. The summed E-state index contributed by atoms with van der Waals surface area (Å²) in [5.41, 5.74) is 0.500. The molecule has 2 saturated heterocycles. The van der Waals surface area contributed by atoms with Gasteiger partial charge in [-0.1, -0.05) is 33.1 Å². The van der Waals surface area contributed by atoms with Crippen molar-refractivity contribution in [2.24, 2.45) is 21.7 Å². The maximum absolute atomic E-state index is 5.98. The van der Waals surface area contributed by atoms with Crippen LogP contribution in [0.4, 0.5) is 0 Å². The molecule has 166 valence electrons. The van der Waals surface area contributed by atoms with Crippen molar-refractivity contribution in [1.82, 2.24) is 15.5 Å². The molecule has 0 aromatic heterocycles. The molecule has 3 unspecified atom stereocenters. The van der Waals surface area contributed by atoms with E-state index in [2.05, 4.69) is 36.3 Å². The number of nitrogens with zero attached hydrogens (tertiary/aromatic N) is 2. The quantitative estimate of drug-likeness (QED) is 0.525. The zero-order valence-electron chi connectivity index (χ0n) is 18.8. The lowest BCUT2D eigenvalue weighted by molar-refractivity contribution is -0.106. The van der Waals surface area contributed by atoms with Crippen molar-refractivity contribution in [1.29, 1.82) is 0 Å². The van der Waals surface area contributed by atoms with Crippen molar-refractivity contribution in [3.8, 4) is 0 Å². The van der Waals surface area contributed by atoms with Crippen molar-refractivity contribution in [3.05, 3.63) is 0 Å². The monoisotopic (exact) mass is 406 g/mol. The highest BCUT2D eigenvalue weighted by molar-refractivity contribution is 5.80. The predicted octanol–water partition coefficient (Wildman–Crippen LogP) is 2.64. The van der Waals surface area contributed by atoms with E-state index in [4.69, 9.17) is 14.5 Å². The maximum atomic E-state index is 5.98. The molecule has 2 aliphatic carbocycles. The smallest absolute Gasteiger partial charge is 0.191 e. The molecule has 2 heterocycles. The summed E-state index contributed by atoms with van der Waals surface area (Å²) >= 11 is 0. The minimum atomic E-state index is 0.174. The van der Waals surface area contributed by atoms with Gasteiger partial charge in [-0.15, -0.1) is 0 Å². The second-order valence-electron chi connectivity index (χ2n) is 10.3. The molecule has 29 heavy (non-hydrogen) atoms. The number of rotatable bonds is 6. The Morgan fingerprint density at radius 1 is 1.10 bits per heavy atom. The predicted molar refractivity (Wildman–Crippen MR) is 117 cm³/mol. The molecule has 0 aromatic rings. The van der Waals surface area contributed by atoms with Crippen LogP contribution in [0.2, 0.25) is 0 Å². The van der Waals surface area contributed by atoms with Crippen LogP contribution in [0, 0.1) is 16.7 Å². The van der Waals surface area contributed by atoms with E-state index in [0.717, 1.165) is 52.0 Å². The summed E-state index contributed by atoms with van der Waals surface area (Å²) in [5.74, 6) is 1.63. The standard InChI is InChI=1S/C23H42N4O2/c1-4-24-21(26-19-18-8-13-29-20(18)22(19,2)3)25-16-23(9-6-5-7-10-23)17-27-11-14-28-15-12-27/h18-20H,4-17H2,1-3H3,(H2,24,25,26). The van der Waals surface area contributed by atoms with Gasteiger partial charge in [0, 0.05) is 62.1 Å². The number of ether oxygens (including phenoxy) is 2. The molecule has 0 aromatic carbocycles. The Morgan fingerprint density at radius 2 is 1.86 bits per heavy atom. The number of nitrogens with one attached hydrogen (secondary N) is 2. The maximum Gasteiger partial charge on any atom is 0.191 e. The molecular weight excluding hydrogens is 364 g/mol. The van der Waals surface area contributed by atoms with E-state index in [0.29, 0.717) is 23.5 Å². The molecule has 6 nitrogen and oxygen atoms in total. The minimum absolute atomic E-state index is 0.174. The third kappa shape index (κ3) is 4.59. The van der Waals surface area contributed by atoms with Gasteiger partial charge in [0.2, 0.25) is 0 Å². The minimum Gasteiger partial charge on any atom is -0.379 e. The van der Waals surface area contributed by atoms with Crippen LogP contribution in [-0.4, -0.2) is 75.5 Å². The highest BCUT2D eigenvalue weighted by atomic mass is 16.5. The van der Waals surface area contributed by atoms with Gasteiger partial charge in [-0.25, -0.2) is 0 Å². The van der Waals surface area contributed by atoms with E-state index in [9.17, 15) is 0 Å². The first-order chi connectivity index (χ1) is 14.0. The third-order valence-corrected chi connectivity index (χ3v) is 7.89. The van der Waals surface area contributed by atoms with Crippen molar-refractivity contribution in [2.45, 2.75) is 71.4 Å². The Kier molecular flexibility index (Phi) is 6.72. The van der Waals surface area contributed by atoms with Crippen LogP contribution in [0.25, 0.3) is 0 Å². The molecule has 4 aliphatic rings. The van der Waals surface area contributed by atoms with Gasteiger partial charge in [0.25, 0.3) is 0 Å². The molecule has 4 rings (SSSR count). The lowest BCUT2D eigenvalue weighted by Gasteiger charge is -2.55. The van der Waals surface area contributed by atoms with Crippen LogP contribution in [0.3, 0.4) is 0 Å². The van der Waals surface area contributed by atoms with Crippen molar-refractivity contribution in [2.75, 3.05) is 52.5 Å². The van der Waals surface area contributed by atoms with Gasteiger partial charge < -0.3 is 20.1 Å². The second-order valence-corrected chi connectivity index (χ2v) is 10.3. The highest BCUT2D eigenvalue weighted by Crippen LogP contribution is 2.52. The molecule has 0 amide bonds. The summed E-state index contributed by atoms with van der Waals surface area (Å²) in [5, 5.41) is 7.33. The van der Waals surface area contributed by atoms with E-state index in [1.165, 1.54) is 45.1 Å². The van der Waals surface area contributed by atoms with Crippen molar-refractivity contribution >= 4 is 5.96 Å². The Hall–Kier alpha value is -0.850. The second kappa shape index (κ2) is 9.11. The highest BCUT2D eigenvalue weighted by Gasteiger charge is 2.59. The van der Waals surface area contributed by atoms with Gasteiger partial charge >= 0.3 is 0 Å². The van der Waals surface area contributed by atoms with Crippen LogP contribution >= 0.6 is 0 Å². The van der Waals surface area contributed by atoms with Gasteiger partial charge in [0.1, 0.15) is 0 Å². The number of hydrogen-bond acceptors (Lipinski definition) is 4. The molecule has 2 aliphatic heterocycles. The Bertz CT molecular complexity index is 567. The van der Waals surface area contributed by atoms with E-state index < -0.39 is 0 Å². The topological polar surface area (TPSA) is 58.1 Å². The zero-order chi connectivity index (χ0) is 20.3. The summed E-state index contributed by atoms with van der Waals surface area (Å²) < 4.78 is 11.5. The molecule has 6 heteroatoms. The number of morpholine rings is 1. The summed E-state index contributed by atoms with van der Waals surface area (Å²) in [4.78, 5) is 7.78. The van der Waals surface area contributed by atoms with Crippen molar-refractivity contribution in [3.63, 3.8) is 0 Å². The first kappa shape index (κ1) is 21.4. The largest absolute Gasteiger partial charge is 0.379 e. The number of hydrogen-bond donors (Lipinski definition) is 2. The Labute approximate surface area is 177 Å². The van der Waals surface area contributed by atoms with Crippen LogP contribution in [0.15, 0.2) is 4.99 Å². The summed E-state index contributed by atoms with van der Waals surface area (Å²) in [6, 6.07) is 0.453. The van der Waals surface area contributed by atoms with E-state index >= 15 is 0 Å². The first-order valence-electron chi connectivity index (χ1n) is 12.0. The average Bonchev–Trinajstić information content (AvgIpc) is 3.19. The Balaban J connectivity index is 1.43. The van der Waals surface area contributed by atoms with Gasteiger partial charge in [-0.3, -0.25) is 9.89 Å². The SMILES string of the molecule is CCNC(=NCC1(CN2CCOCC2)CCCCC1)NC1C2CCOC2C1(C)C. The number of guanidine groups is 1. The van der Waals surface area contributed by atoms with E-state index in [1.54, 1.807) is 0 Å². The molecule has 2 saturated carbocycles.